The van der Waals surface area contributed by atoms with Crippen molar-refractivity contribution >= 4 is 29.2 Å². The first-order valence-electron chi connectivity index (χ1n) is 10.2. The highest BCUT2D eigenvalue weighted by molar-refractivity contribution is 6.30. The van der Waals surface area contributed by atoms with Crippen LogP contribution in [0.25, 0.3) is 0 Å². The van der Waals surface area contributed by atoms with Gasteiger partial charge in [0.05, 0.1) is 17.2 Å². The Balaban J connectivity index is 2.23. The first-order chi connectivity index (χ1) is 14.7. The smallest absolute Gasteiger partial charge is 0.339 e. The molecule has 0 radical (unpaired) electrons. The van der Waals surface area contributed by atoms with Crippen molar-refractivity contribution in [3.63, 3.8) is 0 Å². The van der Waals surface area contributed by atoms with E-state index in [4.69, 9.17) is 27.9 Å². The minimum absolute atomic E-state index is 0.107. The minimum atomic E-state index is -0.380. The van der Waals surface area contributed by atoms with Crippen LogP contribution in [0.1, 0.15) is 59.9 Å². The average Bonchev–Trinajstić information content (AvgIpc) is 3.16. The molecule has 0 aliphatic heterocycles. The summed E-state index contributed by atoms with van der Waals surface area (Å²) in [5.74, 6) is -0.657. The van der Waals surface area contributed by atoms with Gasteiger partial charge in [0.15, 0.2) is 0 Å². The fraction of sp³-hybridized carbons (Fsp3) is 0.333. The summed E-state index contributed by atoms with van der Waals surface area (Å²) in [4.78, 5) is 25.6. The number of rotatable bonds is 7. The zero-order valence-corrected chi connectivity index (χ0v) is 19.6. The molecule has 3 rings (SSSR count). The van der Waals surface area contributed by atoms with Crippen LogP contribution in [0.2, 0.25) is 10.0 Å². The van der Waals surface area contributed by atoms with Gasteiger partial charge in [-0.25, -0.2) is 4.79 Å². The predicted molar refractivity (Wildman–Crippen MR) is 124 cm³/mol. The SMILES string of the molecule is CCOC(=O)c1ccn(C(C)C)c1C(Cc1cc(Cl)cn(C)c1=O)c1ccc(Cl)cc1. The predicted octanol–water partition coefficient (Wildman–Crippen LogP) is 5.63. The highest BCUT2D eigenvalue weighted by Crippen LogP contribution is 2.34. The topological polar surface area (TPSA) is 53.2 Å². The van der Waals surface area contributed by atoms with Crippen LogP contribution < -0.4 is 5.56 Å². The van der Waals surface area contributed by atoms with E-state index >= 15 is 0 Å². The quantitative estimate of drug-likeness (QED) is 0.429. The second-order valence-electron chi connectivity index (χ2n) is 7.74. The second kappa shape index (κ2) is 9.75. The zero-order chi connectivity index (χ0) is 22.7. The number of aromatic nitrogens is 2. The summed E-state index contributed by atoms with van der Waals surface area (Å²) in [6, 6.07) is 11.1. The molecule has 1 unspecified atom stereocenters. The Morgan fingerprint density at radius 2 is 1.77 bits per heavy atom. The molecule has 0 amide bonds. The zero-order valence-electron chi connectivity index (χ0n) is 18.1. The molecular weight excluding hydrogens is 435 g/mol. The van der Waals surface area contributed by atoms with Crippen molar-refractivity contribution in [3.05, 3.63) is 91.6 Å². The second-order valence-corrected chi connectivity index (χ2v) is 8.62. The van der Waals surface area contributed by atoms with Gasteiger partial charge >= 0.3 is 5.97 Å². The van der Waals surface area contributed by atoms with Crippen molar-refractivity contribution in [1.82, 2.24) is 9.13 Å². The molecule has 0 saturated heterocycles. The number of hydrogen-bond acceptors (Lipinski definition) is 3. The van der Waals surface area contributed by atoms with Crippen LogP contribution in [0.15, 0.2) is 53.6 Å². The fourth-order valence-electron chi connectivity index (χ4n) is 3.83. The van der Waals surface area contributed by atoms with E-state index in [9.17, 15) is 9.59 Å². The fourth-order valence-corrected chi connectivity index (χ4v) is 4.23. The molecule has 31 heavy (non-hydrogen) atoms. The van der Waals surface area contributed by atoms with E-state index in [0.29, 0.717) is 27.6 Å². The highest BCUT2D eigenvalue weighted by Gasteiger charge is 2.28. The van der Waals surface area contributed by atoms with Crippen molar-refractivity contribution in [1.29, 1.82) is 0 Å². The maximum atomic E-state index is 12.8. The maximum Gasteiger partial charge on any atom is 0.339 e. The molecule has 3 aromatic rings. The Morgan fingerprint density at radius 3 is 2.39 bits per heavy atom. The number of nitrogens with zero attached hydrogens (tertiary/aromatic N) is 2. The molecule has 2 aromatic heterocycles. The van der Waals surface area contributed by atoms with Crippen molar-refractivity contribution in [2.24, 2.45) is 7.05 Å². The summed E-state index contributed by atoms with van der Waals surface area (Å²) in [6.07, 6.45) is 3.86. The lowest BCUT2D eigenvalue weighted by atomic mass is 9.87. The maximum absolute atomic E-state index is 12.8. The van der Waals surface area contributed by atoms with E-state index < -0.39 is 0 Å². The molecule has 5 nitrogen and oxygen atoms in total. The third kappa shape index (κ3) is 5.05. The average molecular weight is 461 g/mol. The molecular formula is C24H26Cl2N2O3. The van der Waals surface area contributed by atoms with Gasteiger partial charge in [0.2, 0.25) is 0 Å². The number of pyridine rings is 1. The normalized spacial score (nSPS) is 12.2. The first kappa shape index (κ1) is 23.2. The minimum Gasteiger partial charge on any atom is -0.462 e. The van der Waals surface area contributed by atoms with Crippen LogP contribution in [0, 0.1) is 0 Å². The van der Waals surface area contributed by atoms with Crippen LogP contribution >= 0.6 is 23.2 Å². The largest absolute Gasteiger partial charge is 0.462 e. The number of carbonyl (C=O) groups is 1. The van der Waals surface area contributed by atoms with Crippen molar-refractivity contribution < 1.29 is 9.53 Å². The van der Waals surface area contributed by atoms with E-state index in [1.54, 1.807) is 32.3 Å². The highest BCUT2D eigenvalue weighted by atomic mass is 35.5. The Morgan fingerprint density at radius 1 is 1.10 bits per heavy atom. The van der Waals surface area contributed by atoms with Gasteiger partial charge in [-0.3, -0.25) is 4.79 Å². The van der Waals surface area contributed by atoms with Gasteiger partial charge in [-0.05, 0) is 57.0 Å². The molecule has 0 fully saturated rings. The first-order valence-corrected chi connectivity index (χ1v) is 11.0. The lowest BCUT2D eigenvalue weighted by Crippen LogP contribution is -2.24. The number of ether oxygens (including phenoxy) is 1. The van der Waals surface area contributed by atoms with E-state index in [0.717, 1.165) is 11.3 Å². The standard InChI is InChI=1S/C24H26Cl2N2O3/c1-5-31-24(30)20-10-11-28(15(2)3)22(20)21(16-6-8-18(25)9-7-16)13-17-12-19(26)14-27(4)23(17)29/h6-12,14-15,21H,5,13H2,1-4H3. The molecule has 1 aromatic carbocycles. The van der Waals surface area contributed by atoms with Gasteiger partial charge in [-0.15, -0.1) is 0 Å². The van der Waals surface area contributed by atoms with E-state index in [1.165, 1.54) is 4.57 Å². The van der Waals surface area contributed by atoms with Crippen LogP contribution in [0.5, 0.6) is 0 Å². The number of aryl methyl sites for hydroxylation is 1. The van der Waals surface area contributed by atoms with Gasteiger partial charge in [0.25, 0.3) is 5.56 Å². The molecule has 7 heteroatoms. The molecule has 164 valence electrons. The number of hydrogen-bond donors (Lipinski definition) is 0. The molecule has 0 saturated carbocycles. The molecule has 0 N–H and O–H groups in total. The van der Waals surface area contributed by atoms with E-state index in [-0.39, 0.29) is 30.1 Å². The molecule has 1 atom stereocenters. The Kier molecular flexibility index (Phi) is 7.29. The monoisotopic (exact) mass is 460 g/mol. The summed E-state index contributed by atoms with van der Waals surface area (Å²) in [5, 5.41) is 1.10. The van der Waals surface area contributed by atoms with Gasteiger partial charge in [-0.1, -0.05) is 35.3 Å². The number of esters is 1. The van der Waals surface area contributed by atoms with Crippen LogP contribution in [-0.2, 0) is 18.2 Å². The Bertz CT molecular complexity index is 1130. The van der Waals surface area contributed by atoms with E-state index in [1.807, 2.05) is 30.5 Å². The lowest BCUT2D eigenvalue weighted by Gasteiger charge is -2.24. The Labute approximate surface area is 192 Å². The lowest BCUT2D eigenvalue weighted by molar-refractivity contribution is 0.0524. The molecule has 0 aliphatic rings. The summed E-state index contributed by atoms with van der Waals surface area (Å²) in [6.45, 7) is 6.17. The summed E-state index contributed by atoms with van der Waals surface area (Å²) < 4.78 is 8.85. The third-order valence-corrected chi connectivity index (χ3v) is 5.72. The summed E-state index contributed by atoms with van der Waals surface area (Å²) >= 11 is 12.4. The van der Waals surface area contributed by atoms with Crippen molar-refractivity contribution in [2.75, 3.05) is 6.61 Å². The van der Waals surface area contributed by atoms with Gasteiger partial charge < -0.3 is 13.9 Å². The molecule has 0 aliphatic carbocycles. The third-order valence-electron chi connectivity index (χ3n) is 5.26. The summed E-state index contributed by atoms with van der Waals surface area (Å²) in [5.41, 5.74) is 2.69. The molecule has 0 bridgehead atoms. The number of carbonyl (C=O) groups excluding carboxylic acids is 1. The van der Waals surface area contributed by atoms with Gasteiger partial charge in [0, 0.05) is 47.7 Å². The molecule has 0 spiro atoms. The van der Waals surface area contributed by atoms with Crippen molar-refractivity contribution in [2.45, 2.75) is 39.2 Å². The van der Waals surface area contributed by atoms with Gasteiger partial charge in [-0.2, -0.15) is 0 Å². The van der Waals surface area contributed by atoms with Crippen LogP contribution in [-0.4, -0.2) is 21.7 Å². The van der Waals surface area contributed by atoms with E-state index in [2.05, 4.69) is 18.4 Å². The molecule has 2 heterocycles. The number of benzene rings is 1. The summed E-state index contributed by atoms with van der Waals surface area (Å²) in [7, 11) is 1.68. The van der Waals surface area contributed by atoms with Crippen LogP contribution in [0.4, 0.5) is 0 Å². The van der Waals surface area contributed by atoms with Crippen molar-refractivity contribution in [3.8, 4) is 0 Å². The van der Waals surface area contributed by atoms with Gasteiger partial charge in [0.1, 0.15) is 0 Å². The Hall–Kier alpha value is -2.50. The van der Waals surface area contributed by atoms with Crippen LogP contribution in [0.3, 0.4) is 0 Å². The number of halogens is 2.